The van der Waals surface area contributed by atoms with Crippen LogP contribution in [-0.4, -0.2) is 14.8 Å². The van der Waals surface area contributed by atoms with E-state index in [2.05, 4.69) is 20.1 Å². The molecule has 0 atom stereocenters. The van der Waals surface area contributed by atoms with Crippen molar-refractivity contribution >= 4 is 17.0 Å². The van der Waals surface area contributed by atoms with E-state index in [4.69, 9.17) is 5.73 Å². The lowest BCUT2D eigenvalue weighted by molar-refractivity contribution is 0.718. The van der Waals surface area contributed by atoms with E-state index < -0.39 is 0 Å². The predicted molar refractivity (Wildman–Crippen MR) is 65.5 cm³/mol. The van der Waals surface area contributed by atoms with Gasteiger partial charge < -0.3 is 10.3 Å². The topological polar surface area (TPSA) is 56.7 Å². The van der Waals surface area contributed by atoms with E-state index in [1.807, 2.05) is 13.8 Å². The first-order chi connectivity index (χ1) is 7.68. The Labute approximate surface area is 98.1 Å². The fraction of sp³-hybridized carbons (Fsp3) is 0.455. The van der Waals surface area contributed by atoms with Crippen LogP contribution < -0.4 is 5.73 Å². The predicted octanol–water partition coefficient (Wildman–Crippen LogP) is 2.54. The molecule has 1 aliphatic carbocycles. The summed E-state index contributed by atoms with van der Waals surface area (Å²) in [6.45, 7) is 4.03. The van der Waals surface area contributed by atoms with Crippen LogP contribution in [0.3, 0.4) is 0 Å². The van der Waals surface area contributed by atoms with Gasteiger partial charge in [-0.05, 0) is 37.6 Å². The molecule has 16 heavy (non-hydrogen) atoms. The minimum Gasteiger partial charge on any atom is -0.397 e. The molecule has 0 radical (unpaired) electrons. The van der Waals surface area contributed by atoms with E-state index in [0.717, 1.165) is 27.8 Å². The Bertz CT molecular complexity index is 536. The average Bonchev–Trinajstić information content (AvgIpc) is 2.96. The summed E-state index contributed by atoms with van der Waals surface area (Å²) < 4.78 is 2.22. The summed E-state index contributed by atoms with van der Waals surface area (Å²) in [6.07, 6.45) is 2.46. The van der Waals surface area contributed by atoms with E-state index in [1.54, 1.807) is 11.3 Å². The fourth-order valence-corrected chi connectivity index (χ4v) is 2.87. The third-order valence-corrected chi connectivity index (χ3v) is 4.11. The van der Waals surface area contributed by atoms with Gasteiger partial charge in [0.2, 0.25) is 0 Å². The lowest BCUT2D eigenvalue weighted by atomic mass is 10.2. The largest absolute Gasteiger partial charge is 0.397 e. The highest BCUT2D eigenvalue weighted by Crippen LogP contribution is 2.41. The van der Waals surface area contributed by atoms with E-state index in [1.165, 1.54) is 12.8 Å². The number of hydrogen-bond donors (Lipinski definition) is 1. The van der Waals surface area contributed by atoms with Crippen LogP contribution in [0.15, 0.2) is 5.38 Å². The van der Waals surface area contributed by atoms with E-state index in [0.29, 0.717) is 6.04 Å². The van der Waals surface area contributed by atoms with Crippen LogP contribution in [0.2, 0.25) is 0 Å². The zero-order valence-corrected chi connectivity index (χ0v) is 10.2. The first kappa shape index (κ1) is 9.84. The Balaban J connectivity index is 2.16. The van der Waals surface area contributed by atoms with Gasteiger partial charge in [-0.15, -0.1) is 21.5 Å². The second kappa shape index (κ2) is 3.31. The van der Waals surface area contributed by atoms with Gasteiger partial charge in [0.15, 0.2) is 5.82 Å². The van der Waals surface area contributed by atoms with Crippen LogP contribution >= 0.6 is 11.3 Å². The number of aromatic nitrogens is 3. The molecule has 84 valence electrons. The van der Waals surface area contributed by atoms with Crippen molar-refractivity contribution in [3.05, 3.63) is 16.8 Å². The molecule has 2 aromatic rings. The number of nitrogens with zero attached hydrogens (tertiary/aromatic N) is 3. The maximum absolute atomic E-state index is 6.06. The number of rotatable bonds is 2. The maximum atomic E-state index is 6.06. The van der Waals surface area contributed by atoms with Gasteiger partial charge in [0.1, 0.15) is 5.82 Å². The standard InChI is InChI=1S/C11H14N4S/c1-6-5-16-10(9(6)12)11-14-13-7(2)15(11)8-3-4-8/h5,8H,3-4,12H2,1-2H3. The monoisotopic (exact) mass is 234 g/mol. The van der Waals surface area contributed by atoms with E-state index in [-0.39, 0.29) is 0 Å². The summed E-state index contributed by atoms with van der Waals surface area (Å²) >= 11 is 1.65. The lowest BCUT2D eigenvalue weighted by Crippen LogP contribution is -2.00. The zero-order valence-electron chi connectivity index (χ0n) is 9.40. The lowest BCUT2D eigenvalue weighted by Gasteiger charge is -2.05. The molecular weight excluding hydrogens is 220 g/mol. The Kier molecular flexibility index (Phi) is 2.04. The van der Waals surface area contributed by atoms with Crippen molar-refractivity contribution in [2.45, 2.75) is 32.7 Å². The normalized spacial score (nSPS) is 15.6. The summed E-state index contributed by atoms with van der Waals surface area (Å²) in [5, 5.41) is 10.5. The molecule has 1 saturated carbocycles. The summed E-state index contributed by atoms with van der Waals surface area (Å²) in [5.41, 5.74) is 8.04. The minimum atomic E-state index is 0.590. The number of aryl methyl sites for hydroxylation is 2. The quantitative estimate of drug-likeness (QED) is 0.868. The van der Waals surface area contributed by atoms with Crippen LogP contribution in [0.4, 0.5) is 5.69 Å². The maximum Gasteiger partial charge on any atom is 0.176 e. The molecule has 2 heterocycles. The van der Waals surface area contributed by atoms with Gasteiger partial charge in [-0.1, -0.05) is 0 Å². The Morgan fingerprint density at radius 2 is 2.12 bits per heavy atom. The summed E-state index contributed by atoms with van der Waals surface area (Å²) in [4.78, 5) is 1.06. The Hall–Kier alpha value is -1.36. The second-order valence-electron chi connectivity index (χ2n) is 4.33. The molecule has 0 aliphatic heterocycles. The molecule has 0 unspecified atom stereocenters. The highest BCUT2D eigenvalue weighted by Gasteiger charge is 2.29. The molecule has 2 N–H and O–H groups in total. The number of nitrogen functional groups attached to an aromatic ring is 1. The fourth-order valence-electron chi connectivity index (χ4n) is 1.92. The van der Waals surface area contributed by atoms with Gasteiger partial charge in [-0.2, -0.15) is 0 Å². The van der Waals surface area contributed by atoms with E-state index >= 15 is 0 Å². The van der Waals surface area contributed by atoms with Gasteiger partial charge in [0.05, 0.1) is 10.6 Å². The van der Waals surface area contributed by atoms with Gasteiger partial charge in [-0.25, -0.2) is 0 Å². The van der Waals surface area contributed by atoms with E-state index in [9.17, 15) is 0 Å². The number of hydrogen-bond acceptors (Lipinski definition) is 4. The third-order valence-electron chi connectivity index (χ3n) is 3.00. The number of anilines is 1. The molecular formula is C11H14N4S. The SMILES string of the molecule is Cc1csc(-c2nnc(C)n2C2CC2)c1N. The van der Waals surface area contributed by atoms with Crippen molar-refractivity contribution in [1.82, 2.24) is 14.8 Å². The second-order valence-corrected chi connectivity index (χ2v) is 5.21. The van der Waals surface area contributed by atoms with Gasteiger partial charge in [0.25, 0.3) is 0 Å². The smallest absolute Gasteiger partial charge is 0.176 e. The summed E-state index contributed by atoms with van der Waals surface area (Å²) in [6, 6.07) is 0.590. The Morgan fingerprint density at radius 1 is 1.38 bits per heavy atom. The molecule has 0 amide bonds. The molecule has 0 saturated heterocycles. The number of nitrogens with two attached hydrogens (primary N) is 1. The first-order valence-electron chi connectivity index (χ1n) is 5.44. The van der Waals surface area contributed by atoms with Gasteiger partial charge in [0, 0.05) is 6.04 Å². The van der Waals surface area contributed by atoms with Crippen molar-refractivity contribution in [2.24, 2.45) is 0 Å². The van der Waals surface area contributed by atoms with Gasteiger partial charge in [-0.3, -0.25) is 0 Å². The minimum absolute atomic E-state index is 0.590. The highest BCUT2D eigenvalue weighted by molar-refractivity contribution is 7.14. The molecule has 5 heteroatoms. The first-order valence-corrected chi connectivity index (χ1v) is 6.32. The molecule has 0 bridgehead atoms. The van der Waals surface area contributed by atoms with Crippen molar-refractivity contribution < 1.29 is 0 Å². The Morgan fingerprint density at radius 3 is 2.69 bits per heavy atom. The molecule has 3 rings (SSSR count). The van der Waals surface area contributed by atoms with Crippen molar-refractivity contribution in [3.8, 4) is 10.7 Å². The number of thiophene rings is 1. The summed E-state index contributed by atoms with van der Waals surface area (Å²) in [7, 11) is 0. The van der Waals surface area contributed by atoms with Crippen LogP contribution in [-0.2, 0) is 0 Å². The molecule has 0 spiro atoms. The van der Waals surface area contributed by atoms with Crippen molar-refractivity contribution in [3.63, 3.8) is 0 Å². The molecule has 4 nitrogen and oxygen atoms in total. The van der Waals surface area contributed by atoms with Crippen molar-refractivity contribution in [1.29, 1.82) is 0 Å². The molecule has 0 aromatic carbocycles. The molecule has 1 aliphatic rings. The third kappa shape index (κ3) is 1.35. The zero-order chi connectivity index (χ0) is 11.3. The van der Waals surface area contributed by atoms with Gasteiger partial charge >= 0.3 is 0 Å². The van der Waals surface area contributed by atoms with Crippen molar-refractivity contribution in [2.75, 3.05) is 5.73 Å². The average molecular weight is 234 g/mol. The van der Waals surface area contributed by atoms with Crippen LogP contribution in [0.1, 0.15) is 30.3 Å². The van der Waals surface area contributed by atoms with Crippen LogP contribution in [0, 0.1) is 13.8 Å². The molecule has 2 aromatic heterocycles. The highest BCUT2D eigenvalue weighted by atomic mass is 32.1. The summed E-state index contributed by atoms with van der Waals surface area (Å²) in [5.74, 6) is 1.93. The molecule has 1 fully saturated rings. The van der Waals surface area contributed by atoms with Crippen LogP contribution in [0.5, 0.6) is 0 Å². The van der Waals surface area contributed by atoms with Crippen LogP contribution in [0.25, 0.3) is 10.7 Å².